The number of aromatic nitrogens is 2. The fraction of sp³-hybridized carbons (Fsp3) is 0.286. The first kappa shape index (κ1) is 15.6. The lowest BCUT2D eigenvalue weighted by Crippen LogP contribution is -1.97. The molecule has 6 heteroatoms. The second-order valence-corrected chi connectivity index (χ2v) is 6.53. The number of nitrogens with zero attached hydrogens (tertiary/aromatic N) is 2. The van der Waals surface area contributed by atoms with Gasteiger partial charge in [0.15, 0.2) is 5.16 Å². The van der Waals surface area contributed by atoms with Crippen molar-refractivity contribution in [3.63, 3.8) is 0 Å². The summed E-state index contributed by atoms with van der Waals surface area (Å²) in [4.78, 5) is 8.40. The van der Waals surface area contributed by atoms with Crippen LogP contribution in [-0.2, 0) is 0 Å². The normalized spacial score (nSPS) is 10.9. The van der Waals surface area contributed by atoms with E-state index >= 15 is 0 Å². The van der Waals surface area contributed by atoms with Gasteiger partial charge >= 0.3 is 0 Å². The van der Waals surface area contributed by atoms with Crippen molar-refractivity contribution < 1.29 is 4.74 Å². The van der Waals surface area contributed by atoms with Gasteiger partial charge in [-0.1, -0.05) is 53.1 Å². The molecule has 0 fully saturated rings. The van der Waals surface area contributed by atoms with E-state index in [9.17, 15) is 0 Å². The zero-order valence-electron chi connectivity index (χ0n) is 11.4. The van der Waals surface area contributed by atoms with E-state index in [2.05, 4.69) is 45.8 Å². The quantitative estimate of drug-likeness (QED) is 0.401. The Balaban J connectivity index is 2.37. The minimum absolute atomic E-state index is 0.347. The highest BCUT2D eigenvalue weighted by molar-refractivity contribution is 9.10. The van der Waals surface area contributed by atoms with Crippen LogP contribution in [0.1, 0.15) is 25.3 Å². The molecule has 1 aromatic heterocycles. The third kappa shape index (κ3) is 3.87. The zero-order valence-corrected chi connectivity index (χ0v) is 14.5. The van der Waals surface area contributed by atoms with Gasteiger partial charge in [0.05, 0.1) is 0 Å². The van der Waals surface area contributed by atoms with Gasteiger partial charge < -0.3 is 4.74 Å². The van der Waals surface area contributed by atoms with Gasteiger partial charge in [0.25, 0.3) is 0 Å². The summed E-state index contributed by atoms with van der Waals surface area (Å²) in [5, 5.41) is 0.971. The van der Waals surface area contributed by atoms with Crippen LogP contribution in [0.2, 0.25) is 5.15 Å². The minimum atomic E-state index is 0.347. The van der Waals surface area contributed by atoms with Gasteiger partial charge in [0.2, 0.25) is 5.88 Å². The van der Waals surface area contributed by atoms with E-state index in [0.717, 1.165) is 15.8 Å². The molecule has 106 valence electrons. The maximum absolute atomic E-state index is 5.97. The molecule has 0 N–H and O–H groups in total. The molecule has 0 bridgehead atoms. The summed E-state index contributed by atoms with van der Waals surface area (Å²) in [5.74, 6) is 1.59. The van der Waals surface area contributed by atoms with E-state index in [1.807, 2.05) is 18.4 Å². The van der Waals surface area contributed by atoms with Crippen LogP contribution in [0.5, 0.6) is 11.6 Å². The third-order valence-electron chi connectivity index (χ3n) is 2.64. The highest BCUT2D eigenvalue weighted by Crippen LogP contribution is 2.33. The number of ether oxygens (including phenoxy) is 1. The molecule has 1 aromatic carbocycles. The lowest BCUT2D eigenvalue weighted by Gasteiger charge is -2.14. The second-order valence-electron chi connectivity index (χ2n) is 4.45. The molecule has 0 unspecified atom stereocenters. The van der Waals surface area contributed by atoms with Crippen molar-refractivity contribution in [1.82, 2.24) is 9.97 Å². The van der Waals surface area contributed by atoms with E-state index < -0.39 is 0 Å². The molecule has 0 radical (unpaired) electrons. The van der Waals surface area contributed by atoms with Crippen molar-refractivity contribution in [2.45, 2.75) is 24.9 Å². The Labute approximate surface area is 136 Å². The molecule has 3 nitrogen and oxygen atoms in total. The molecule has 2 aromatic rings. The van der Waals surface area contributed by atoms with Crippen LogP contribution in [0.15, 0.2) is 33.9 Å². The van der Waals surface area contributed by atoms with Crippen LogP contribution in [-0.4, -0.2) is 16.2 Å². The summed E-state index contributed by atoms with van der Waals surface area (Å²) in [7, 11) is 0. The number of thioether (sulfide) groups is 1. The van der Waals surface area contributed by atoms with Gasteiger partial charge in [0, 0.05) is 10.5 Å². The van der Waals surface area contributed by atoms with E-state index in [1.165, 1.54) is 11.8 Å². The number of hydrogen-bond donors (Lipinski definition) is 0. The molecule has 0 spiro atoms. The second kappa shape index (κ2) is 6.78. The van der Waals surface area contributed by atoms with Crippen LogP contribution in [0.3, 0.4) is 0 Å². The number of rotatable bonds is 4. The van der Waals surface area contributed by atoms with Crippen molar-refractivity contribution in [1.29, 1.82) is 0 Å². The highest BCUT2D eigenvalue weighted by Gasteiger charge is 2.11. The smallest absolute Gasteiger partial charge is 0.224 e. The average molecular weight is 374 g/mol. The van der Waals surface area contributed by atoms with Gasteiger partial charge in [-0.15, -0.1) is 0 Å². The molecule has 20 heavy (non-hydrogen) atoms. The molecule has 2 rings (SSSR count). The third-order valence-corrected chi connectivity index (χ3v) is 3.88. The van der Waals surface area contributed by atoms with E-state index in [1.54, 1.807) is 6.07 Å². The molecule has 0 saturated carbocycles. The fourth-order valence-electron chi connectivity index (χ4n) is 1.70. The standard InChI is InChI=1S/C14H14BrClN2OS/c1-8(2)10-6-9(15)4-5-11(10)19-13-7-12(16)17-14(18-13)20-3/h4-8H,1-3H3. The lowest BCUT2D eigenvalue weighted by atomic mass is 10.0. The SMILES string of the molecule is CSc1nc(Cl)cc(Oc2ccc(Br)cc2C(C)C)n1. The maximum Gasteiger partial charge on any atom is 0.224 e. The van der Waals surface area contributed by atoms with Crippen molar-refractivity contribution in [2.75, 3.05) is 6.26 Å². The monoisotopic (exact) mass is 372 g/mol. The summed E-state index contributed by atoms with van der Waals surface area (Å²) in [6, 6.07) is 7.54. The summed E-state index contributed by atoms with van der Waals surface area (Å²) in [5.41, 5.74) is 1.11. The first-order chi connectivity index (χ1) is 9.49. The Morgan fingerprint density at radius 1 is 1.25 bits per heavy atom. The molecule has 0 saturated heterocycles. The Bertz CT molecular complexity index is 622. The number of halogens is 2. The molecular formula is C14H14BrClN2OS. The average Bonchev–Trinajstić information content (AvgIpc) is 2.40. The van der Waals surface area contributed by atoms with E-state index in [0.29, 0.717) is 22.1 Å². The number of benzene rings is 1. The topological polar surface area (TPSA) is 35.0 Å². The Morgan fingerprint density at radius 2 is 2.00 bits per heavy atom. The molecule has 0 aliphatic carbocycles. The van der Waals surface area contributed by atoms with Gasteiger partial charge in [0.1, 0.15) is 10.9 Å². The minimum Gasteiger partial charge on any atom is -0.439 e. The molecule has 0 atom stereocenters. The van der Waals surface area contributed by atoms with E-state index in [4.69, 9.17) is 16.3 Å². The van der Waals surface area contributed by atoms with Crippen molar-refractivity contribution >= 4 is 39.3 Å². The van der Waals surface area contributed by atoms with Gasteiger partial charge in [-0.05, 0) is 35.9 Å². The predicted octanol–water partition coefficient (Wildman–Crippen LogP) is 5.53. The summed E-state index contributed by atoms with van der Waals surface area (Å²) in [6.07, 6.45) is 1.90. The largest absolute Gasteiger partial charge is 0.439 e. The predicted molar refractivity (Wildman–Crippen MR) is 87.1 cm³/mol. The zero-order chi connectivity index (χ0) is 14.7. The molecule has 0 aliphatic rings. The van der Waals surface area contributed by atoms with Crippen LogP contribution < -0.4 is 4.74 Å². The molecule has 0 amide bonds. The first-order valence-electron chi connectivity index (χ1n) is 6.05. The highest BCUT2D eigenvalue weighted by atomic mass is 79.9. The Morgan fingerprint density at radius 3 is 2.65 bits per heavy atom. The molecular weight excluding hydrogens is 360 g/mol. The molecule has 1 heterocycles. The van der Waals surface area contributed by atoms with Crippen LogP contribution >= 0.6 is 39.3 Å². The van der Waals surface area contributed by atoms with Gasteiger partial charge in [-0.25, -0.2) is 4.98 Å². The van der Waals surface area contributed by atoms with Gasteiger partial charge in [-0.3, -0.25) is 0 Å². The van der Waals surface area contributed by atoms with Crippen molar-refractivity contribution in [2.24, 2.45) is 0 Å². The summed E-state index contributed by atoms with van der Waals surface area (Å²) < 4.78 is 6.91. The maximum atomic E-state index is 5.97. The lowest BCUT2D eigenvalue weighted by molar-refractivity contribution is 0.447. The number of hydrogen-bond acceptors (Lipinski definition) is 4. The Hall–Kier alpha value is -0.780. The van der Waals surface area contributed by atoms with Crippen LogP contribution in [0.25, 0.3) is 0 Å². The van der Waals surface area contributed by atoms with Crippen molar-refractivity contribution in [3.05, 3.63) is 39.5 Å². The fourth-order valence-corrected chi connectivity index (χ4v) is 2.67. The van der Waals surface area contributed by atoms with Crippen molar-refractivity contribution in [3.8, 4) is 11.6 Å². The molecule has 0 aliphatic heterocycles. The van der Waals surface area contributed by atoms with Crippen LogP contribution in [0.4, 0.5) is 0 Å². The van der Waals surface area contributed by atoms with E-state index in [-0.39, 0.29) is 0 Å². The van der Waals surface area contributed by atoms with Crippen LogP contribution in [0, 0.1) is 0 Å². The van der Waals surface area contributed by atoms with Gasteiger partial charge in [-0.2, -0.15) is 4.98 Å². The first-order valence-corrected chi connectivity index (χ1v) is 8.45. The summed E-state index contributed by atoms with van der Waals surface area (Å²) >= 11 is 10.9. The Kier molecular flexibility index (Phi) is 5.29. The summed E-state index contributed by atoms with van der Waals surface area (Å²) in [6.45, 7) is 4.24.